The van der Waals surface area contributed by atoms with E-state index in [1.807, 2.05) is 24.3 Å². The third kappa shape index (κ3) is 9.56. The fourth-order valence-corrected chi connectivity index (χ4v) is 5.82. The van der Waals surface area contributed by atoms with Gasteiger partial charge in [-0.15, -0.1) is 0 Å². The van der Waals surface area contributed by atoms with E-state index in [-0.39, 0.29) is 28.9 Å². The van der Waals surface area contributed by atoms with Gasteiger partial charge in [0.2, 0.25) is 15.9 Å². The van der Waals surface area contributed by atoms with Crippen LogP contribution in [0.25, 0.3) is 10.8 Å². The van der Waals surface area contributed by atoms with Gasteiger partial charge in [-0.2, -0.15) is 8.93 Å². The molecule has 0 spiro atoms. The molecule has 1 amide bonds. The van der Waals surface area contributed by atoms with E-state index in [4.69, 9.17) is 24.5 Å². The van der Waals surface area contributed by atoms with Crippen molar-refractivity contribution in [1.82, 2.24) is 14.9 Å². The van der Waals surface area contributed by atoms with Crippen molar-refractivity contribution in [3.8, 4) is 0 Å². The largest absolute Gasteiger partial charge is 0.370 e. The van der Waals surface area contributed by atoms with E-state index in [0.29, 0.717) is 25.2 Å². The van der Waals surface area contributed by atoms with Gasteiger partial charge < -0.3 is 16.0 Å². The SMILES string of the molecule is N=C(N)N1CCCC(CNC(=O)[C@@H](Cc2ccc([N+](=O)[O-])cc2)NS(=O)(=O)c2ccc3ccccc3c2)C1.O=S(O)O. The molecule has 0 aliphatic carbocycles. The molecule has 42 heavy (non-hydrogen) atoms. The second kappa shape index (κ2) is 14.8. The third-order valence-corrected chi connectivity index (χ3v) is 8.13. The molecule has 1 aliphatic heterocycles. The molecule has 1 aliphatic rings. The first-order valence-electron chi connectivity index (χ1n) is 12.8. The number of nitrogens with zero attached hydrogens (tertiary/aromatic N) is 2. The molecule has 14 nitrogen and oxygen atoms in total. The predicted octanol–water partition coefficient (Wildman–Crippen LogP) is 2.04. The molecule has 3 aromatic carbocycles. The molecular weight excluding hydrogens is 588 g/mol. The molecule has 3 aromatic rings. The summed E-state index contributed by atoms with van der Waals surface area (Å²) in [5.41, 5.74) is 6.08. The van der Waals surface area contributed by atoms with Crippen molar-refractivity contribution in [2.75, 3.05) is 19.6 Å². The Labute approximate surface area is 245 Å². The first-order chi connectivity index (χ1) is 19.9. The highest BCUT2D eigenvalue weighted by Crippen LogP contribution is 2.20. The van der Waals surface area contributed by atoms with Gasteiger partial charge in [0.25, 0.3) is 17.0 Å². The van der Waals surface area contributed by atoms with E-state index in [0.717, 1.165) is 23.6 Å². The van der Waals surface area contributed by atoms with Gasteiger partial charge in [0, 0.05) is 31.8 Å². The normalized spacial score (nSPS) is 15.9. The second-order valence-electron chi connectivity index (χ2n) is 9.63. The number of piperidine rings is 1. The summed E-state index contributed by atoms with van der Waals surface area (Å²) in [7, 11) is -4.07. The second-order valence-corrected chi connectivity index (χ2v) is 11.8. The number of guanidine groups is 1. The lowest BCUT2D eigenvalue weighted by molar-refractivity contribution is -0.384. The number of nitro benzene ring substituents is 1. The number of benzene rings is 3. The first-order valence-corrected chi connectivity index (χ1v) is 15.3. The van der Waals surface area contributed by atoms with Crippen molar-refractivity contribution in [3.05, 3.63) is 82.4 Å². The molecule has 4 rings (SSSR count). The van der Waals surface area contributed by atoms with E-state index < -0.39 is 38.3 Å². The van der Waals surface area contributed by atoms with Crippen molar-refractivity contribution in [2.24, 2.45) is 11.7 Å². The molecule has 0 radical (unpaired) electrons. The van der Waals surface area contributed by atoms with Gasteiger partial charge in [0.15, 0.2) is 5.96 Å². The minimum absolute atomic E-state index is 0.000870. The fraction of sp³-hybridized carbons (Fsp3) is 0.308. The summed E-state index contributed by atoms with van der Waals surface area (Å²) in [6.45, 7) is 1.52. The highest BCUT2D eigenvalue weighted by atomic mass is 32.2. The smallest absolute Gasteiger partial charge is 0.299 e. The Bertz CT molecular complexity index is 1550. The Balaban J connectivity index is 0.00000114. The highest BCUT2D eigenvalue weighted by Gasteiger charge is 2.28. The number of hydrogen-bond donors (Lipinski definition) is 6. The van der Waals surface area contributed by atoms with Crippen LogP contribution in [0.15, 0.2) is 71.6 Å². The van der Waals surface area contributed by atoms with Crippen LogP contribution in [0, 0.1) is 21.4 Å². The predicted molar refractivity (Wildman–Crippen MR) is 157 cm³/mol. The van der Waals surface area contributed by atoms with Crippen LogP contribution < -0.4 is 15.8 Å². The minimum atomic E-state index is -4.07. The monoisotopic (exact) mass is 620 g/mol. The van der Waals surface area contributed by atoms with Gasteiger partial charge in [0.1, 0.15) is 6.04 Å². The maximum atomic E-state index is 13.3. The number of likely N-dealkylation sites (tertiary alicyclic amines) is 1. The molecular formula is C26H32N6O8S2. The highest BCUT2D eigenvalue weighted by molar-refractivity contribution is 7.89. The number of nitrogens with one attached hydrogen (secondary N) is 3. The number of carbonyl (C=O) groups excluding carboxylic acids is 1. The molecule has 1 heterocycles. The average molecular weight is 621 g/mol. The summed E-state index contributed by atoms with van der Waals surface area (Å²) < 4.78 is 52.0. The molecule has 1 saturated heterocycles. The van der Waals surface area contributed by atoms with Crippen molar-refractivity contribution >= 4 is 49.7 Å². The average Bonchev–Trinajstić information content (AvgIpc) is 2.95. The zero-order valence-electron chi connectivity index (χ0n) is 22.4. The van der Waals surface area contributed by atoms with Gasteiger partial charge in [-0.25, -0.2) is 8.42 Å². The Kier molecular flexibility index (Phi) is 11.5. The number of nitrogens with two attached hydrogens (primary N) is 1. The van der Waals surface area contributed by atoms with Crippen molar-refractivity contribution in [3.63, 3.8) is 0 Å². The molecule has 226 valence electrons. The van der Waals surface area contributed by atoms with E-state index in [1.54, 1.807) is 17.0 Å². The van der Waals surface area contributed by atoms with Crippen LogP contribution in [0.3, 0.4) is 0 Å². The quantitative estimate of drug-likeness (QED) is 0.0670. The van der Waals surface area contributed by atoms with Crippen LogP contribution in [0.2, 0.25) is 0 Å². The summed E-state index contributed by atoms with van der Waals surface area (Å²) in [4.78, 5) is 25.5. The molecule has 1 unspecified atom stereocenters. The lowest BCUT2D eigenvalue weighted by Crippen LogP contribution is -2.51. The molecule has 0 bridgehead atoms. The molecule has 0 aromatic heterocycles. The number of hydrogen-bond acceptors (Lipinski definition) is 7. The van der Waals surface area contributed by atoms with Gasteiger partial charge >= 0.3 is 0 Å². The standard InChI is InChI=1S/C26H30N6O5S.H2O3S/c27-26(28)31-13-3-4-19(17-31)16-29-25(33)24(14-18-7-10-22(11-8-18)32(34)35)30-38(36,37)23-12-9-20-5-1-2-6-21(20)15-23;1-4(2)3/h1-2,5-12,15,19,24,30H,3-4,13-14,16-17H2,(H3,27,28)(H,29,33);(H2,1,2,3)/t19?,24-;/m1./s1. The number of sulfonamides is 1. The fourth-order valence-electron chi connectivity index (χ4n) is 4.59. The number of fused-ring (bicyclic) bond motifs is 1. The van der Waals surface area contributed by atoms with Crippen LogP contribution in [0.5, 0.6) is 0 Å². The van der Waals surface area contributed by atoms with Gasteiger partial charge in [-0.3, -0.25) is 29.4 Å². The maximum Gasteiger partial charge on any atom is 0.299 e. The zero-order valence-corrected chi connectivity index (χ0v) is 24.0. The Morgan fingerprint density at radius 3 is 2.40 bits per heavy atom. The van der Waals surface area contributed by atoms with E-state index >= 15 is 0 Å². The van der Waals surface area contributed by atoms with Crippen LogP contribution >= 0.6 is 0 Å². The summed E-state index contributed by atoms with van der Waals surface area (Å²) in [5.74, 6) is -0.457. The van der Waals surface area contributed by atoms with Crippen LogP contribution in [0.1, 0.15) is 18.4 Å². The van der Waals surface area contributed by atoms with Gasteiger partial charge in [-0.1, -0.05) is 42.5 Å². The molecule has 1 fully saturated rings. The van der Waals surface area contributed by atoms with Crippen molar-refractivity contribution < 1.29 is 31.5 Å². The summed E-state index contributed by atoms with van der Waals surface area (Å²) in [6.07, 6.45) is 1.68. The van der Waals surface area contributed by atoms with Crippen LogP contribution in [0.4, 0.5) is 5.69 Å². The Morgan fingerprint density at radius 1 is 1.14 bits per heavy atom. The Morgan fingerprint density at radius 2 is 1.79 bits per heavy atom. The Hall–Kier alpha value is -3.96. The van der Waals surface area contributed by atoms with Crippen molar-refractivity contribution in [2.45, 2.75) is 30.2 Å². The summed E-state index contributed by atoms with van der Waals surface area (Å²) >= 11 is -2.61. The van der Waals surface area contributed by atoms with E-state index in [9.17, 15) is 23.3 Å². The van der Waals surface area contributed by atoms with E-state index in [2.05, 4.69) is 10.0 Å². The van der Waals surface area contributed by atoms with Gasteiger partial charge in [0.05, 0.1) is 9.82 Å². The zero-order chi connectivity index (χ0) is 30.9. The van der Waals surface area contributed by atoms with E-state index in [1.165, 1.54) is 30.3 Å². The number of non-ortho nitro benzene ring substituents is 1. The number of rotatable bonds is 9. The lowest BCUT2D eigenvalue weighted by Gasteiger charge is -2.33. The van der Waals surface area contributed by atoms with Crippen LogP contribution in [-0.4, -0.2) is 69.1 Å². The summed E-state index contributed by atoms with van der Waals surface area (Å²) in [6, 6.07) is 16.6. The number of carbonyl (C=O) groups is 1. The molecule has 16 heteroatoms. The number of amides is 1. The third-order valence-electron chi connectivity index (χ3n) is 6.66. The minimum Gasteiger partial charge on any atom is -0.370 e. The van der Waals surface area contributed by atoms with Crippen LogP contribution in [-0.2, 0) is 32.6 Å². The maximum absolute atomic E-state index is 13.3. The van der Waals surface area contributed by atoms with Gasteiger partial charge in [-0.05, 0) is 53.6 Å². The number of nitro groups is 1. The van der Waals surface area contributed by atoms with Crippen molar-refractivity contribution in [1.29, 1.82) is 5.41 Å². The molecule has 7 N–H and O–H groups in total. The lowest BCUT2D eigenvalue weighted by atomic mass is 9.98. The molecule has 0 saturated carbocycles. The topological polar surface area (TPSA) is 229 Å². The summed E-state index contributed by atoms with van der Waals surface area (Å²) in [5, 5.41) is 23.2. The molecule has 2 atom stereocenters. The first kappa shape index (κ1) is 32.6.